The van der Waals surface area contributed by atoms with Gasteiger partial charge in [0.15, 0.2) is 12.7 Å². The van der Waals surface area contributed by atoms with Gasteiger partial charge in [0.05, 0.1) is 0 Å². The zero-order chi connectivity index (χ0) is 11.4. The molecule has 7 heteroatoms. The lowest BCUT2D eigenvalue weighted by Gasteiger charge is -1.97. The van der Waals surface area contributed by atoms with E-state index in [1.807, 2.05) is 11.4 Å². The molecule has 0 aliphatic rings. The van der Waals surface area contributed by atoms with Gasteiger partial charge in [-0.1, -0.05) is 9.17 Å². The Morgan fingerprint density at radius 3 is 3.00 bits per heavy atom. The summed E-state index contributed by atoms with van der Waals surface area (Å²) in [6.07, 6.45) is 3.29. The third-order valence-corrected chi connectivity index (χ3v) is 2.48. The van der Waals surface area contributed by atoms with E-state index in [0.717, 1.165) is 11.3 Å². The number of aromatic nitrogens is 4. The first-order valence-electron chi connectivity index (χ1n) is 4.59. The summed E-state index contributed by atoms with van der Waals surface area (Å²) in [5.41, 5.74) is 1.63. The molecule has 2 heterocycles. The molecular weight excluding hydrogens is 228 g/mol. The molecule has 0 unspecified atom stereocenters. The van der Waals surface area contributed by atoms with E-state index in [4.69, 9.17) is 0 Å². The van der Waals surface area contributed by atoms with Crippen molar-refractivity contribution < 1.29 is 14.6 Å². The van der Waals surface area contributed by atoms with Gasteiger partial charge in [-0.25, -0.2) is 0 Å². The number of hydrogen-bond donors (Lipinski definition) is 0. The number of carbonyl (C=O) groups excluding carboxylic acids is 1. The van der Waals surface area contributed by atoms with E-state index in [1.54, 1.807) is 17.1 Å². The third kappa shape index (κ3) is 2.57. The lowest BCUT2D eigenvalue weighted by Crippen LogP contribution is -2.40. The zero-order valence-corrected chi connectivity index (χ0v) is 9.05. The molecule has 2 rings (SSSR count). The lowest BCUT2D eigenvalue weighted by molar-refractivity contribution is -0.753. The smallest absolute Gasteiger partial charge is 0.197 e. The number of rotatable bonds is 4. The van der Waals surface area contributed by atoms with Crippen LogP contribution in [0.1, 0.15) is 6.42 Å². The molecule has 0 aliphatic carbocycles. The van der Waals surface area contributed by atoms with Crippen LogP contribution in [0.25, 0.3) is 11.3 Å². The number of carboxylic acid groups (broad SMARTS) is 1. The normalized spacial score (nSPS) is 10.2. The van der Waals surface area contributed by atoms with Crippen LogP contribution in [0.5, 0.6) is 0 Å². The largest absolute Gasteiger partial charge is 0.550 e. The SMILES string of the molecule is O=C([O-])CC[n+]1ccc(-c2csnn2)cn1. The van der Waals surface area contributed by atoms with E-state index in [0.29, 0.717) is 6.54 Å². The molecule has 0 radical (unpaired) electrons. The van der Waals surface area contributed by atoms with Crippen molar-refractivity contribution in [3.05, 3.63) is 23.8 Å². The Balaban J connectivity index is 2.08. The number of carboxylic acids is 1. The summed E-state index contributed by atoms with van der Waals surface area (Å²) in [5.74, 6) is -1.08. The Hall–Kier alpha value is -1.89. The highest BCUT2D eigenvalue weighted by atomic mass is 32.1. The minimum atomic E-state index is -1.08. The van der Waals surface area contributed by atoms with Gasteiger partial charge < -0.3 is 9.90 Å². The zero-order valence-electron chi connectivity index (χ0n) is 8.24. The highest BCUT2D eigenvalue weighted by Gasteiger charge is 2.06. The Morgan fingerprint density at radius 2 is 2.44 bits per heavy atom. The van der Waals surface area contributed by atoms with E-state index < -0.39 is 5.97 Å². The first-order chi connectivity index (χ1) is 7.75. The van der Waals surface area contributed by atoms with Crippen molar-refractivity contribution in [2.75, 3.05) is 0 Å². The summed E-state index contributed by atoms with van der Waals surface area (Å²) in [4.78, 5) is 10.3. The third-order valence-electron chi connectivity index (χ3n) is 1.97. The summed E-state index contributed by atoms with van der Waals surface area (Å²) in [6.45, 7) is 0.304. The molecule has 0 amide bonds. The molecule has 0 fully saturated rings. The second kappa shape index (κ2) is 4.75. The number of aryl methyl sites for hydroxylation is 1. The van der Waals surface area contributed by atoms with Gasteiger partial charge in [-0.15, -0.1) is 5.10 Å². The van der Waals surface area contributed by atoms with Crippen molar-refractivity contribution in [1.29, 1.82) is 0 Å². The number of aliphatic carboxylic acids is 1. The molecule has 6 nitrogen and oxygen atoms in total. The van der Waals surface area contributed by atoms with Crippen molar-refractivity contribution in [1.82, 2.24) is 14.7 Å². The molecule has 82 valence electrons. The summed E-state index contributed by atoms with van der Waals surface area (Å²) in [7, 11) is 0. The van der Waals surface area contributed by atoms with Crippen molar-refractivity contribution in [3.63, 3.8) is 0 Å². The molecule has 0 N–H and O–H groups in total. The maximum absolute atomic E-state index is 10.3. The van der Waals surface area contributed by atoms with E-state index in [9.17, 15) is 9.90 Å². The van der Waals surface area contributed by atoms with Gasteiger partial charge in [-0.3, -0.25) is 0 Å². The highest BCUT2D eigenvalue weighted by molar-refractivity contribution is 7.03. The molecule has 0 atom stereocenters. The minimum absolute atomic E-state index is 0.0464. The van der Waals surface area contributed by atoms with E-state index in [2.05, 4.69) is 14.7 Å². The Morgan fingerprint density at radius 1 is 1.56 bits per heavy atom. The quantitative estimate of drug-likeness (QED) is 0.638. The van der Waals surface area contributed by atoms with Crippen LogP contribution in [0.2, 0.25) is 0 Å². The van der Waals surface area contributed by atoms with Crippen LogP contribution in [0, 0.1) is 0 Å². The molecule has 0 bridgehead atoms. The Labute approximate surface area is 95.3 Å². The molecule has 0 aliphatic heterocycles. The second-order valence-electron chi connectivity index (χ2n) is 3.09. The fraction of sp³-hybridized carbons (Fsp3) is 0.222. The van der Waals surface area contributed by atoms with Crippen LogP contribution in [-0.4, -0.2) is 20.7 Å². The number of nitrogens with zero attached hydrogens (tertiary/aromatic N) is 4. The molecule has 0 saturated heterocycles. The van der Waals surface area contributed by atoms with Crippen LogP contribution in [0.4, 0.5) is 0 Å². The average molecular weight is 236 g/mol. The van der Waals surface area contributed by atoms with Gasteiger partial charge >= 0.3 is 0 Å². The van der Waals surface area contributed by atoms with Crippen molar-refractivity contribution in [2.24, 2.45) is 0 Å². The van der Waals surface area contributed by atoms with Crippen molar-refractivity contribution in [2.45, 2.75) is 13.0 Å². The van der Waals surface area contributed by atoms with Crippen LogP contribution < -0.4 is 9.79 Å². The van der Waals surface area contributed by atoms with Gasteiger partial charge in [-0.05, 0) is 16.6 Å². The Bertz CT molecular complexity index is 469. The molecule has 0 spiro atoms. The molecular formula is C9H8N4O2S. The van der Waals surface area contributed by atoms with E-state index in [-0.39, 0.29) is 6.42 Å². The predicted molar refractivity (Wildman–Crippen MR) is 53.0 cm³/mol. The second-order valence-corrected chi connectivity index (χ2v) is 3.70. The van der Waals surface area contributed by atoms with E-state index >= 15 is 0 Å². The van der Waals surface area contributed by atoms with Gasteiger partial charge in [-0.2, -0.15) is 0 Å². The first-order valence-corrected chi connectivity index (χ1v) is 5.42. The Kier molecular flexibility index (Phi) is 3.16. The van der Waals surface area contributed by atoms with Crippen molar-refractivity contribution >= 4 is 17.5 Å². The maximum atomic E-state index is 10.3. The number of hydrogen-bond acceptors (Lipinski definition) is 6. The molecule has 0 saturated carbocycles. The van der Waals surface area contributed by atoms with Gasteiger partial charge in [0.1, 0.15) is 11.9 Å². The van der Waals surface area contributed by atoms with Crippen LogP contribution >= 0.6 is 11.5 Å². The summed E-state index contributed by atoms with van der Waals surface area (Å²) >= 11 is 1.27. The standard InChI is InChI=1S/C9H8N4O2S/c14-9(15)2-4-13-3-1-7(5-10-13)8-6-16-12-11-8/h1,3,5-6H,2,4H2. The van der Waals surface area contributed by atoms with Crippen LogP contribution in [0.3, 0.4) is 0 Å². The summed E-state index contributed by atoms with van der Waals surface area (Å²) < 4.78 is 5.29. The fourth-order valence-electron chi connectivity index (χ4n) is 1.16. The van der Waals surface area contributed by atoms with Gasteiger partial charge in [0, 0.05) is 29.4 Å². The topological polar surface area (TPSA) is 82.7 Å². The monoisotopic (exact) mass is 236 g/mol. The summed E-state index contributed by atoms with van der Waals surface area (Å²) in [6, 6.07) is 1.82. The molecule has 0 aromatic carbocycles. The maximum Gasteiger partial charge on any atom is 0.197 e. The van der Waals surface area contributed by atoms with Gasteiger partial charge in [0.25, 0.3) is 0 Å². The minimum Gasteiger partial charge on any atom is -0.550 e. The van der Waals surface area contributed by atoms with Crippen molar-refractivity contribution in [3.8, 4) is 11.3 Å². The van der Waals surface area contributed by atoms with Crippen LogP contribution in [-0.2, 0) is 11.3 Å². The number of carbonyl (C=O) groups is 1. The fourth-order valence-corrected chi connectivity index (χ4v) is 1.63. The van der Waals surface area contributed by atoms with Gasteiger partial charge in [0.2, 0.25) is 0 Å². The average Bonchev–Trinajstić information content (AvgIpc) is 2.80. The summed E-state index contributed by atoms with van der Waals surface area (Å²) in [5, 5.41) is 20.1. The lowest BCUT2D eigenvalue weighted by atomic mass is 10.2. The van der Waals surface area contributed by atoms with E-state index in [1.165, 1.54) is 11.5 Å². The highest BCUT2D eigenvalue weighted by Crippen LogP contribution is 2.14. The van der Waals surface area contributed by atoms with Crippen LogP contribution in [0.15, 0.2) is 23.8 Å². The molecule has 2 aromatic rings. The molecule has 16 heavy (non-hydrogen) atoms. The first kappa shape index (κ1) is 10.6. The predicted octanol–water partition coefficient (Wildman–Crippen LogP) is -0.972. The molecule has 2 aromatic heterocycles.